The molecular weight excluding hydrogens is 477 g/mol. The van der Waals surface area contributed by atoms with Crippen molar-refractivity contribution in [2.75, 3.05) is 31.4 Å². The lowest BCUT2D eigenvalue weighted by atomic mass is 10.2. The van der Waals surface area contributed by atoms with Gasteiger partial charge in [0, 0.05) is 23.3 Å². The van der Waals surface area contributed by atoms with E-state index in [4.69, 9.17) is 19.9 Å². The Labute approximate surface area is 204 Å². The molecule has 0 fully saturated rings. The monoisotopic (exact) mass is 500 g/mol. The fourth-order valence-corrected chi connectivity index (χ4v) is 3.42. The molecule has 0 saturated heterocycles. The third-order valence-electron chi connectivity index (χ3n) is 4.97. The Bertz CT molecular complexity index is 1350. The third kappa shape index (κ3) is 6.01. The van der Waals surface area contributed by atoms with Crippen LogP contribution in [0.2, 0.25) is 0 Å². The van der Waals surface area contributed by atoms with E-state index in [1.165, 1.54) is 13.2 Å². The molecule has 0 aliphatic heterocycles. The summed E-state index contributed by atoms with van der Waals surface area (Å²) in [4.78, 5) is 16.5. The van der Waals surface area contributed by atoms with Gasteiger partial charge in [0.15, 0.2) is 11.5 Å². The van der Waals surface area contributed by atoms with Crippen LogP contribution >= 0.6 is 0 Å². The molecule has 188 valence electrons. The van der Waals surface area contributed by atoms with E-state index in [-0.39, 0.29) is 31.1 Å². The van der Waals surface area contributed by atoms with Crippen LogP contribution in [0.1, 0.15) is 17.2 Å². The average molecular weight is 500 g/mol. The number of anilines is 2. The summed E-state index contributed by atoms with van der Waals surface area (Å²) in [6.45, 7) is 2.16. The van der Waals surface area contributed by atoms with Gasteiger partial charge < -0.3 is 25.3 Å². The number of aromatic nitrogens is 4. The minimum absolute atomic E-state index is 0.0354. The molecule has 0 bridgehead atoms. The van der Waals surface area contributed by atoms with Crippen LogP contribution < -0.4 is 25.3 Å². The number of nitrogen functional groups attached to an aromatic ring is 1. The van der Waals surface area contributed by atoms with Crippen LogP contribution in [0.5, 0.6) is 17.2 Å². The number of hydrogen-bond donors (Lipinski definition) is 2. The molecule has 0 spiro atoms. The van der Waals surface area contributed by atoms with Crippen molar-refractivity contribution in [1.82, 2.24) is 19.9 Å². The Hall–Kier alpha value is -4.35. The van der Waals surface area contributed by atoms with E-state index in [9.17, 15) is 13.2 Å². The van der Waals surface area contributed by atoms with Gasteiger partial charge in [0.2, 0.25) is 0 Å². The number of pyridine rings is 2. The largest absolute Gasteiger partial charge is 0.493 e. The summed E-state index contributed by atoms with van der Waals surface area (Å²) >= 11 is 0. The molecule has 36 heavy (non-hydrogen) atoms. The van der Waals surface area contributed by atoms with Crippen molar-refractivity contribution in [2.24, 2.45) is 0 Å². The predicted octanol–water partition coefficient (Wildman–Crippen LogP) is 4.41. The van der Waals surface area contributed by atoms with E-state index in [1.54, 1.807) is 43.6 Å². The molecule has 0 radical (unpaired) electrons. The molecule has 0 aliphatic carbocycles. The summed E-state index contributed by atoms with van der Waals surface area (Å²) in [5.41, 5.74) is 5.24. The summed E-state index contributed by atoms with van der Waals surface area (Å²) in [6, 6.07) is 9.12. The number of ether oxygens (including phenoxy) is 3. The number of rotatable bonds is 9. The van der Waals surface area contributed by atoms with Gasteiger partial charge >= 0.3 is 6.18 Å². The SMILES string of the molecule is COc1cc2nc(C)nc(NCc3cc(N)cc(C(F)(F)F)n3)c2cc1OCCOc1cccnc1. The highest BCUT2D eigenvalue weighted by atomic mass is 19.4. The molecule has 9 nitrogen and oxygen atoms in total. The van der Waals surface area contributed by atoms with Crippen LogP contribution in [-0.4, -0.2) is 40.3 Å². The standard InChI is InChI=1S/C24H23F3N6O3/c1-14-31-19-11-20(34-2)21(36-7-6-35-17-4-3-5-29-13-17)10-18(19)23(32-14)30-12-16-8-15(28)9-22(33-16)24(25,26)27/h3-5,8-11,13H,6-7,12H2,1-2H3,(H2,28,33)(H,30,31,32). The number of alkyl halides is 3. The lowest BCUT2D eigenvalue weighted by Crippen LogP contribution is -2.13. The van der Waals surface area contributed by atoms with Crippen LogP contribution in [0.15, 0.2) is 48.8 Å². The fourth-order valence-electron chi connectivity index (χ4n) is 3.42. The maximum atomic E-state index is 13.1. The van der Waals surface area contributed by atoms with Crippen LogP contribution in [0.4, 0.5) is 24.7 Å². The number of fused-ring (bicyclic) bond motifs is 1. The fraction of sp³-hybridized carbons (Fsp3) is 0.250. The van der Waals surface area contributed by atoms with Crippen molar-refractivity contribution in [3.63, 3.8) is 0 Å². The molecule has 1 aromatic carbocycles. The van der Waals surface area contributed by atoms with Gasteiger partial charge in [-0.05, 0) is 37.3 Å². The predicted molar refractivity (Wildman–Crippen MR) is 127 cm³/mol. The van der Waals surface area contributed by atoms with Gasteiger partial charge in [0.05, 0.1) is 31.1 Å². The number of nitrogens with zero attached hydrogens (tertiary/aromatic N) is 4. The van der Waals surface area contributed by atoms with Crippen molar-refractivity contribution in [3.8, 4) is 17.2 Å². The molecule has 0 saturated carbocycles. The first-order chi connectivity index (χ1) is 17.2. The molecule has 4 aromatic rings. The van der Waals surface area contributed by atoms with Gasteiger partial charge in [-0.1, -0.05) is 0 Å². The van der Waals surface area contributed by atoms with Gasteiger partial charge in [0.1, 0.15) is 36.3 Å². The van der Waals surface area contributed by atoms with E-state index in [0.29, 0.717) is 39.8 Å². The molecule has 3 heterocycles. The second kappa shape index (κ2) is 10.5. The van der Waals surface area contributed by atoms with Crippen molar-refractivity contribution in [3.05, 3.63) is 66.0 Å². The Morgan fingerprint density at radius 3 is 2.53 bits per heavy atom. The van der Waals surface area contributed by atoms with Gasteiger partial charge in [-0.15, -0.1) is 0 Å². The zero-order valence-corrected chi connectivity index (χ0v) is 19.5. The lowest BCUT2D eigenvalue weighted by Gasteiger charge is -2.15. The lowest BCUT2D eigenvalue weighted by molar-refractivity contribution is -0.141. The van der Waals surface area contributed by atoms with Gasteiger partial charge in [-0.2, -0.15) is 13.2 Å². The molecule has 0 aliphatic rings. The third-order valence-corrected chi connectivity index (χ3v) is 4.97. The number of nitrogens with two attached hydrogens (primary N) is 1. The molecule has 0 amide bonds. The topological polar surface area (TPSA) is 117 Å². The first kappa shape index (κ1) is 24.8. The Kier molecular flexibility index (Phi) is 7.23. The zero-order valence-electron chi connectivity index (χ0n) is 19.5. The molecule has 0 atom stereocenters. The van der Waals surface area contributed by atoms with Gasteiger partial charge in [-0.25, -0.2) is 15.0 Å². The van der Waals surface area contributed by atoms with E-state index in [2.05, 4.69) is 25.3 Å². The smallest absolute Gasteiger partial charge is 0.433 e. The van der Waals surface area contributed by atoms with E-state index in [0.717, 1.165) is 6.07 Å². The van der Waals surface area contributed by atoms with Crippen molar-refractivity contribution < 1.29 is 27.4 Å². The summed E-state index contributed by atoms with van der Waals surface area (Å²) in [5.74, 6) is 2.36. The normalized spacial score (nSPS) is 11.4. The van der Waals surface area contributed by atoms with Crippen molar-refractivity contribution >= 4 is 22.4 Å². The minimum Gasteiger partial charge on any atom is -0.493 e. The number of halogens is 3. The van der Waals surface area contributed by atoms with E-state index < -0.39 is 11.9 Å². The Morgan fingerprint density at radius 2 is 1.81 bits per heavy atom. The second-order valence-electron chi connectivity index (χ2n) is 7.65. The first-order valence-electron chi connectivity index (χ1n) is 10.8. The molecule has 12 heteroatoms. The summed E-state index contributed by atoms with van der Waals surface area (Å²) < 4.78 is 56.3. The molecular formula is C24H23F3N6O3. The molecule has 3 aromatic heterocycles. The molecule has 4 rings (SSSR count). The molecule has 0 unspecified atom stereocenters. The first-order valence-corrected chi connectivity index (χ1v) is 10.8. The van der Waals surface area contributed by atoms with Gasteiger partial charge in [-0.3, -0.25) is 4.98 Å². The minimum atomic E-state index is -4.61. The quantitative estimate of drug-likeness (QED) is 0.322. The van der Waals surface area contributed by atoms with E-state index in [1.807, 2.05) is 0 Å². The Morgan fingerprint density at radius 1 is 1.00 bits per heavy atom. The summed E-state index contributed by atoms with van der Waals surface area (Å²) in [5, 5.41) is 3.63. The highest BCUT2D eigenvalue weighted by molar-refractivity contribution is 5.91. The number of methoxy groups -OCH3 is 1. The number of nitrogens with one attached hydrogen (secondary N) is 1. The maximum absolute atomic E-state index is 13.1. The van der Waals surface area contributed by atoms with Gasteiger partial charge in [0.25, 0.3) is 0 Å². The van der Waals surface area contributed by atoms with E-state index >= 15 is 0 Å². The maximum Gasteiger partial charge on any atom is 0.433 e. The summed E-state index contributed by atoms with van der Waals surface area (Å²) in [6.07, 6.45) is -1.36. The Balaban J connectivity index is 1.55. The summed E-state index contributed by atoms with van der Waals surface area (Å²) in [7, 11) is 1.51. The van der Waals surface area contributed by atoms with Crippen molar-refractivity contribution in [1.29, 1.82) is 0 Å². The number of aryl methyl sites for hydroxylation is 1. The second-order valence-corrected chi connectivity index (χ2v) is 7.65. The number of hydrogen-bond acceptors (Lipinski definition) is 9. The average Bonchev–Trinajstić information content (AvgIpc) is 2.84. The van der Waals surface area contributed by atoms with Crippen molar-refractivity contribution in [2.45, 2.75) is 19.6 Å². The highest BCUT2D eigenvalue weighted by Gasteiger charge is 2.33. The number of benzene rings is 1. The molecule has 3 N–H and O–H groups in total. The zero-order chi connectivity index (χ0) is 25.7. The van der Waals surface area contributed by atoms with Crippen LogP contribution in [0.25, 0.3) is 10.9 Å². The van der Waals surface area contributed by atoms with Crippen LogP contribution in [0.3, 0.4) is 0 Å². The highest BCUT2D eigenvalue weighted by Crippen LogP contribution is 2.35. The van der Waals surface area contributed by atoms with Crippen LogP contribution in [-0.2, 0) is 12.7 Å². The van der Waals surface area contributed by atoms with Crippen LogP contribution in [0, 0.1) is 6.92 Å².